The van der Waals surface area contributed by atoms with E-state index in [-0.39, 0.29) is 5.69 Å². The van der Waals surface area contributed by atoms with Gasteiger partial charge < -0.3 is 10.0 Å². The van der Waals surface area contributed by atoms with Crippen LogP contribution in [0.15, 0.2) is 12.3 Å². The molecule has 0 aromatic carbocycles. The third kappa shape index (κ3) is 3.66. The number of aromatic nitrogens is 1. The summed E-state index contributed by atoms with van der Waals surface area (Å²) in [4.78, 5) is 16.2. The van der Waals surface area contributed by atoms with E-state index in [1.807, 2.05) is 11.8 Å². The van der Waals surface area contributed by atoms with Gasteiger partial charge in [0, 0.05) is 18.7 Å². The maximum Gasteiger partial charge on any atom is 0.290 e. The molecule has 1 N–H and O–H groups in total. The molecule has 1 aromatic heterocycles. The standard InChI is InChI=1S/C12H19N3O3/c1-5-14(8-12(3,4)16)11-6-9(2)10(7-13-11)15(17)18/h6-7,16H,5,8H2,1-4H3. The van der Waals surface area contributed by atoms with Gasteiger partial charge in [0.1, 0.15) is 12.0 Å². The Bertz CT molecular complexity index is 441. The number of anilines is 1. The Morgan fingerprint density at radius 1 is 1.56 bits per heavy atom. The van der Waals surface area contributed by atoms with Crippen LogP contribution in [0.1, 0.15) is 26.3 Å². The second kappa shape index (κ2) is 5.30. The highest BCUT2D eigenvalue weighted by molar-refractivity contribution is 5.48. The van der Waals surface area contributed by atoms with E-state index in [9.17, 15) is 15.2 Å². The van der Waals surface area contributed by atoms with Crippen molar-refractivity contribution in [3.63, 3.8) is 0 Å². The first-order valence-corrected chi connectivity index (χ1v) is 5.83. The first kappa shape index (κ1) is 14.4. The molecule has 0 radical (unpaired) electrons. The molecule has 0 spiro atoms. The first-order chi connectivity index (χ1) is 8.24. The smallest absolute Gasteiger partial charge is 0.290 e. The number of hydrogen-bond acceptors (Lipinski definition) is 5. The Kier molecular flexibility index (Phi) is 4.24. The maximum atomic E-state index is 10.7. The Hall–Kier alpha value is -1.69. The number of rotatable bonds is 5. The fourth-order valence-electron chi connectivity index (χ4n) is 1.72. The maximum absolute atomic E-state index is 10.7. The van der Waals surface area contributed by atoms with E-state index in [0.29, 0.717) is 24.5 Å². The molecule has 100 valence electrons. The fourth-order valence-corrected chi connectivity index (χ4v) is 1.72. The third-order valence-corrected chi connectivity index (χ3v) is 2.55. The van der Waals surface area contributed by atoms with E-state index in [1.54, 1.807) is 26.8 Å². The molecule has 0 atom stereocenters. The number of aryl methyl sites for hydroxylation is 1. The molecule has 0 bridgehead atoms. The summed E-state index contributed by atoms with van der Waals surface area (Å²) in [5, 5.41) is 20.5. The fraction of sp³-hybridized carbons (Fsp3) is 0.583. The van der Waals surface area contributed by atoms with Gasteiger partial charge in [-0.25, -0.2) is 4.98 Å². The molecule has 0 aliphatic rings. The molecule has 1 rings (SSSR count). The van der Waals surface area contributed by atoms with Crippen LogP contribution in [0.5, 0.6) is 0 Å². The van der Waals surface area contributed by atoms with Gasteiger partial charge in [0.25, 0.3) is 5.69 Å². The van der Waals surface area contributed by atoms with Crippen LogP contribution >= 0.6 is 0 Å². The highest BCUT2D eigenvalue weighted by Crippen LogP contribution is 2.22. The minimum atomic E-state index is -0.840. The van der Waals surface area contributed by atoms with Crippen molar-refractivity contribution in [1.29, 1.82) is 0 Å². The minimum Gasteiger partial charge on any atom is -0.389 e. The van der Waals surface area contributed by atoms with Crippen molar-refractivity contribution in [2.24, 2.45) is 0 Å². The normalized spacial score (nSPS) is 11.4. The molecule has 1 aromatic rings. The first-order valence-electron chi connectivity index (χ1n) is 5.83. The molecule has 0 aliphatic heterocycles. The third-order valence-electron chi connectivity index (χ3n) is 2.55. The summed E-state index contributed by atoms with van der Waals surface area (Å²) in [6, 6.07) is 1.67. The molecule has 0 aliphatic carbocycles. The Morgan fingerprint density at radius 3 is 2.56 bits per heavy atom. The van der Waals surface area contributed by atoms with Gasteiger partial charge in [-0.3, -0.25) is 10.1 Å². The van der Waals surface area contributed by atoms with Crippen LogP contribution < -0.4 is 4.90 Å². The van der Waals surface area contributed by atoms with Crippen molar-refractivity contribution < 1.29 is 10.0 Å². The molecule has 0 amide bonds. The van der Waals surface area contributed by atoms with Crippen molar-refractivity contribution >= 4 is 11.5 Å². The summed E-state index contributed by atoms with van der Waals surface area (Å²) < 4.78 is 0. The number of hydrogen-bond donors (Lipinski definition) is 1. The zero-order chi connectivity index (χ0) is 13.9. The van der Waals surface area contributed by atoms with Crippen molar-refractivity contribution in [2.45, 2.75) is 33.3 Å². The van der Waals surface area contributed by atoms with Crippen LogP contribution in [0.25, 0.3) is 0 Å². The van der Waals surface area contributed by atoms with Crippen molar-refractivity contribution in [3.8, 4) is 0 Å². The number of pyridine rings is 1. The number of nitrogens with zero attached hydrogens (tertiary/aromatic N) is 3. The summed E-state index contributed by atoms with van der Waals surface area (Å²) >= 11 is 0. The van der Waals surface area contributed by atoms with Crippen molar-refractivity contribution in [1.82, 2.24) is 4.98 Å². The van der Waals surface area contributed by atoms with Gasteiger partial charge in [-0.1, -0.05) is 0 Å². The lowest BCUT2D eigenvalue weighted by atomic mass is 10.1. The molecule has 18 heavy (non-hydrogen) atoms. The second-order valence-corrected chi connectivity index (χ2v) is 4.91. The highest BCUT2D eigenvalue weighted by atomic mass is 16.6. The second-order valence-electron chi connectivity index (χ2n) is 4.91. The molecular formula is C12H19N3O3. The Balaban J connectivity index is 3.01. The predicted molar refractivity (Wildman–Crippen MR) is 69.8 cm³/mol. The summed E-state index contributed by atoms with van der Waals surface area (Å²) in [5.41, 5.74) is -0.259. The van der Waals surface area contributed by atoms with Gasteiger partial charge in [-0.15, -0.1) is 0 Å². The lowest BCUT2D eigenvalue weighted by Crippen LogP contribution is -2.39. The Labute approximate surface area is 106 Å². The summed E-state index contributed by atoms with van der Waals surface area (Å²) in [7, 11) is 0. The van der Waals surface area contributed by atoms with Crippen LogP contribution in [-0.4, -0.2) is 33.7 Å². The van der Waals surface area contributed by atoms with Crippen LogP contribution in [0.2, 0.25) is 0 Å². The lowest BCUT2D eigenvalue weighted by molar-refractivity contribution is -0.385. The van der Waals surface area contributed by atoms with Gasteiger partial charge in [0.15, 0.2) is 0 Å². The SMILES string of the molecule is CCN(CC(C)(C)O)c1cc(C)c([N+](=O)[O-])cn1. The monoisotopic (exact) mass is 253 g/mol. The summed E-state index contributed by atoms with van der Waals surface area (Å²) in [6.07, 6.45) is 1.26. The molecular weight excluding hydrogens is 234 g/mol. The van der Waals surface area contributed by atoms with E-state index in [1.165, 1.54) is 6.20 Å². The van der Waals surface area contributed by atoms with Crippen LogP contribution in [-0.2, 0) is 0 Å². The van der Waals surface area contributed by atoms with E-state index in [2.05, 4.69) is 4.98 Å². The largest absolute Gasteiger partial charge is 0.389 e. The summed E-state index contributed by atoms with van der Waals surface area (Å²) in [6.45, 7) is 8.16. The predicted octanol–water partition coefficient (Wildman–Crippen LogP) is 1.90. The van der Waals surface area contributed by atoms with E-state index in [0.717, 1.165) is 0 Å². The average Bonchev–Trinajstić information content (AvgIpc) is 2.24. The van der Waals surface area contributed by atoms with Gasteiger partial charge in [-0.2, -0.15) is 0 Å². The van der Waals surface area contributed by atoms with Gasteiger partial charge in [0.05, 0.1) is 10.5 Å². The molecule has 0 saturated carbocycles. The average molecular weight is 253 g/mol. The Morgan fingerprint density at radius 2 is 2.17 bits per heavy atom. The molecule has 1 heterocycles. The number of aliphatic hydroxyl groups is 1. The molecule has 6 heteroatoms. The number of nitro groups is 1. The molecule has 6 nitrogen and oxygen atoms in total. The minimum absolute atomic E-state index is 0.0121. The topological polar surface area (TPSA) is 79.5 Å². The number of likely N-dealkylation sites (N-methyl/N-ethyl adjacent to an activating group) is 1. The van der Waals surface area contributed by atoms with Gasteiger partial charge in [0.2, 0.25) is 0 Å². The van der Waals surface area contributed by atoms with E-state index < -0.39 is 10.5 Å². The zero-order valence-electron chi connectivity index (χ0n) is 11.2. The van der Waals surface area contributed by atoms with Crippen molar-refractivity contribution in [2.75, 3.05) is 18.0 Å². The van der Waals surface area contributed by atoms with Crippen LogP contribution in [0.3, 0.4) is 0 Å². The molecule has 0 unspecified atom stereocenters. The van der Waals surface area contributed by atoms with Crippen molar-refractivity contribution in [3.05, 3.63) is 27.9 Å². The quantitative estimate of drug-likeness (QED) is 0.640. The van der Waals surface area contributed by atoms with Gasteiger partial charge >= 0.3 is 0 Å². The van der Waals surface area contributed by atoms with Gasteiger partial charge in [-0.05, 0) is 33.8 Å². The zero-order valence-corrected chi connectivity index (χ0v) is 11.2. The lowest BCUT2D eigenvalue weighted by Gasteiger charge is -2.29. The van der Waals surface area contributed by atoms with Crippen LogP contribution in [0, 0.1) is 17.0 Å². The highest BCUT2D eigenvalue weighted by Gasteiger charge is 2.20. The molecule has 0 saturated heterocycles. The summed E-state index contributed by atoms with van der Waals surface area (Å²) in [5.74, 6) is 0.641. The van der Waals surface area contributed by atoms with E-state index in [4.69, 9.17) is 0 Å². The molecule has 0 fully saturated rings. The van der Waals surface area contributed by atoms with E-state index >= 15 is 0 Å². The van der Waals surface area contributed by atoms with Crippen LogP contribution in [0.4, 0.5) is 11.5 Å².